The summed E-state index contributed by atoms with van der Waals surface area (Å²) in [6.07, 6.45) is 0.485. The number of fused-ring (bicyclic) bond motifs is 1. The molecule has 2 aromatic rings. The third-order valence-corrected chi connectivity index (χ3v) is 4.58. The predicted octanol–water partition coefficient (Wildman–Crippen LogP) is 2.59. The van der Waals surface area contributed by atoms with Crippen molar-refractivity contribution >= 4 is 16.7 Å². The molecule has 0 spiro atoms. The van der Waals surface area contributed by atoms with Crippen LogP contribution in [0.3, 0.4) is 0 Å². The lowest BCUT2D eigenvalue weighted by Gasteiger charge is -2.38. The van der Waals surface area contributed by atoms with Crippen LogP contribution >= 0.6 is 0 Å². The summed E-state index contributed by atoms with van der Waals surface area (Å²) >= 11 is 0. The van der Waals surface area contributed by atoms with Crippen LogP contribution in [0.2, 0.25) is 0 Å². The van der Waals surface area contributed by atoms with E-state index in [1.165, 1.54) is 10.8 Å². The van der Waals surface area contributed by atoms with Crippen LogP contribution in [0.25, 0.3) is 10.8 Å². The molecular weight excluding hydrogens is 260 g/mol. The molecular formula is C18H22N2O. The van der Waals surface area contributed by atoms with Crippen molar-refractivity contribution in [3.05, 3.63) is 48.0 Å². The molecule has 1 heterocycles. The van der Waals surface area contributed by atoms with Gasteiger partial charge in [-0.15, -0.1) is 0 Å². The Morgan fingerprint density at radius 2 is 1.95 bits per heavy atom. The maximum atomic E-state index is 12.7. The first-order valence-corrected chi connectivity index (χ1v) is 7.66. The first kappa shape index (κ1) is 14.1. The van der Waals surface area contributed by atoms with Crippen LogP contribution in [0.5, 0.6) is 0 Å². The topological polar surface area (TPSA) is 32.3 Å². The summed E-state index contributed by atoms with van der Waals surface area (Å²) in [6.45, 7) is 5.95. The number of amides is 1. The maximum absolute atomic E-state index is 12.7. The van der Waals surface area contributed by atoms with Gasteiger partial charge in [-0.3, -0.25) is 4.79 Å². The van der Waals surface area contributed by atoms with E-state index in [-0.39, 0.29) is 11.9 Å². The number of piperazine rings is 1. The molecule has 2 aromatic carbocycles. The van der Waals surface area contributed by atoms with Crippen molar-refractivity contribution in [2.45, 2.75) is 32.4 Å². The minimum Gasteiger partial charge on any atom is -0.337 e. The van der Waals surface area contributed by atoms with Gasteiger partial charge in [0.25, 0.3) is 0 Å². The van der Waals surface area contributed by atoms with Gasteiger partial charge in [0.15, 0.2) is 0 Å². The fourth-order valence-corrected chi connectivity index (χ4v) is 3.12. The number of nitrogens with one attached hydrogen (secondary N) is 1. The van der Waals surface area contributed by atoms with Crippen molar-refractivity contribution in [1.82, 2.24) is 10.2 Å². The number of benzene rings is 2. The van der Waals surface area contributed by atoms with Crippen molar-refractivity contribution in [2.24, 2.45) is 0 Å². The second-order valence-electron chi connectivity index (χ2n) is 5.89. The molecule has 0 saturated carbocycles. The lowest BCUT2D eigenvalue weighted by atomic mass is 10.0. The van der Waals surface area contributed by atoms with Gasteiger partial charge < -0.3 is 10.2 Å². The predicted molar refractivity (Wildman–Crippen MR) is 86.3 cm³/mol. The molecule has 1 N–H and O–H groups in total. The van der Waals surface area contributed by atoms with Gasteiger partial charge in [0, 0.05) is 25.2 Å². The number of carbonyl (C=O) groups is 1. The molecule has 21 heavy (non-hydrogen) atoms. The minimum absolute atomic E-state index is 0.229. The molecule has 1 amide bonds. The van der Waals surface area contributed by atoms with Crippen molar-refractivity contribution < 1.29 is 4.79 Å². The summed E-state index contributed by atoms with van der Waals surface area (Å²) in [5, 5.41) is 5.80. The van der Waals surface area contributed by atoms with Crippen LogP contribution in [0, 0.1) is 0 Å². The van der Waals surface area contributed by atoms with Gasteiger partial charge in [0.2, 0.25) is 5.91 Å². The quantitative estimate of drug-likeness (QED) is 0.918. The molecule has 3 rings (SSSR count). The van der Waals surface area contributed by atoms with Crippen molar-refractivity contribution in [1.29, 1.82) is 0 Å². The summed E-state index contributed by atoms with van der Waals surface area (Å²) in [4.78, 5) is 14.7. The van der Waals surface area contributed by atoms with Crippen molar-refractivity contribution in [2.75, 3.05) is 13.1 Å². The SMILES string of the molecule is CC1NCCN(C(=O)Cc2cccc3ccccc23)C1C. The number of rotatable bonds is 2. The highest BCUT2D eigenvalue weighted by atomic mass is 16.2. The van der Waals surface area contributed by atoms with Gasteiger partial charge >= 0.3 is 0 Å². The van der Waals surface area contributed by atoms with Gasteiger partial charge in [0.05, 0.1) is 6.42 Å². The lowest BCUT2D eigenvalue weighted by Crippen LogP contribution is -2.57. The largest absolute Gasteiger partial charge is 0.337 e. The standard InChI is InChI=1S/C18H22N2O/c1-13-14(2)20(11-10-19-13)18(21)12-16-8-5-7-15-6-3-4-9-17(15)16/h3-9,13-14,19H,10-12H2,1-2H3. The molecule has 1 saturated heterocycles. The monoisotopic (exact) mass is 282 g/mol. The number of nitrogens with zero attached hydrogens (tertiary/aromatic N) is 1. The van der Waals surface area contributed by atoms with E-state index in [0.717, 1.165) is 18.7 Å². The number of hydrogen-bond donors (Lipinski definition) is 1. The summed E-state index contributed by atoms with van der Waals surface area (Å²) in [6, 6.07) is 15.1. The molecule has 1 fully saturated rings. The molecule has 110 valence electrons. The average molecular weight is 282 g/mol. The molecule has 0 bridgehead atoms. The van der Waals surface area contributed by atoms with Gasteiger partial charge in [-0.05, 0) is 30.2 Å². The Balaban J connectivity index is 1.83. The van der Waals surface area contributed by atoms with E-state index in [9.17, 15) is 4.79 Å². The normalized spacial score (nSPS) is 22.5. The number of carbonyl (C=O) groups excluding carboxylic acids is 1. The maximum Gasteiger partial charge on any atom is 0.227 e. The Morgan fingerprint density at radius 1 is 1.19 bits per heavy atom. The zero-order valence-corrected chi connectivity index (χ0v) is 12.7. The third kappa shape index (κ3) is 2.79. The van der Waals surface area contributed by atoms with E-state index < -0.39 is 0 Å². The molecule has 0 aliphatic carbocycles. The molecule has 1 aliphatic rings. The third-order valence-electron chi connectivity index (χ3n) is 4.58. The van der Waals surface area contributed by atoms with Gasteiger partial charge in [0.1, 0.15) is 0 Å². The van der Waals surface area contributed by atoms with E-state index in [1.807, 2.05) is 23.1 Å². The Bertz CT molecular complexity index is 647. The van der Waals surface area contributed by atoms with E-state index in [0.29, 0.717) is 12.5 Å². The smallest absolute Gasteiger partial charge is 0.227 e. The minimum atomic E-state index is 0.229. The number of hydrogen-bond acceptors (Lipinski definition) is 2. The van der Waals surface area contributed by atoms with E-state index in [1.54, 1.807) is 0 Å². The second-order valence-corrected chi connectivity index (χ2v) is 5.89. The summed E-state index contributed by atoms with van der Waals surface area (Å²) in [5.74, 6) is 0.229. The first-order chi connectivity index (χ1) is 10.2. The van der Waals surface area contributed by atoms with Crippen LogP contribution in [0.1, 0.15) is 19.4 Å². The molecule has 0 aromatic heterocycles. The molecule has 1 aliphatic heterocycles. The van der Waals surface area contributed by atoms with Crippen LogP contribution in [0.4, 0.5) is 0 Å². The van der Waals surface area contributed by atoms with Crippen molar-refractivity contribution in [3.8, 4) is 0 Å². The summed E-state index contributed by atoms with van der Waals surface area (Å²) < 4.78 is 0. The Hall–Kier alpha value is -1.87. The van der Waals surface area contributed by atoms with Gasteiger partial charge in [-0.2, -0.15) is 0 Å². The van der Waals surface area contributed by atoms with Gasteiger partial charge in [-0.25, -0.2) is 0 Å². The lowest BCUT2D eigenvalue weighted by molar-refractivity contribution is -0.134. The van der Waals surface area contributed by atoms with Gasteiger partial charge in [-0.1, -0.05) is 42.5 Å². The molecule has 2 unspecified atom stereocenters. The zero-order valence-electron chi connectivity index (χ0n) is 12.7. The van der Waals surface area contributed by atoms with Crippen LogP contribution in [-0.4, -0.2) is 36.0 Å². The summed E-state index contributed by atoms with van der Waals surface area (Å²) in [5.41, 5.74) is 1.12. The summed E-state index contributed by atoms with van der Waals surface area (Å²) in [7, 11) is 0. The molecule has 0 radical (unpaired) electrons. The van der Waals surface area contributed by atoms with Crippen LogP contribution < -0.4 is 5.32 Å². The van der Waals surface area contributed by atoms with Crippen molar-refractivity contribution in [3.63, 3.8) is 0 Å². The highest BCUT2D eigenvalue weighted by Gasteiger charge is 2.27. The second kappa shape index (κ2) is 5.86. The molecule has 3 nitrogen and oxygen atoms in total. The fourth-order valence-electron chi connectivity index (χ4n) is 3.12. The average Bonchev–Trinajstić information content (AvgIpc) is 2.50. The highest BCUT2D eigenvalue weighted by Crippen LogP contribution is 2.20. The van der Waals surface area contributed by atoms with Crippen LogP contribution in [-0.2, 0) is 11.2 Å². The van der Waals surface area contributed by atoms with E-state index in [2.05, 4.69) is 43.4 Å². The van der Waals surface area contributed by atoms with E-state index >= 15 is 0 Å². The molecule has 3 heteroatoms. The van der Waals surface area contributed by atoms with Crippen LogP contribution in [0.15, 0.2) is 42.5 Å². The zero-order chi connectivity index (χ0) is 14.8. The Morgan fingerprint density at radius 3 is 2.81 bits per heavy atom. The Kier molecular flexibility index (Phi) is 3.93. The first-order valence-electron chi connectivity index (χ1n) is 7.66. The molecule has 2 atom stereocenters. The highest BCUT2D eigenvalue weighted by molar-refractivity contribution is 5.90. The van der Waals surface area contributed by atoms with E-state index in [4.69, 9.17) is 0 Å². The Labute approximate surface area is 125 Å². The fraction of sp³-hybridized carbons (Fsp3) is 0.389.